The maximum Gasteiger partial charge on any atom is 0.186 e. The predicted molar refractivity (Wildman–Crippen MR) is 117 cm³/mol. The van der Waals surface area contributed by atoms with E-state index >= 15 is 0 Å². The van der Waals surface area contributed by atoms with Gasteiger partial charge >= 0.3 is 0 Å². The monoisotopic (exact) mass is 436 g/mol. The van der Waals surface area contributed by atoms with E-state index in [-0.39, 0.29) is 23.5 Å². The zero-order valence-corrected chi connectivity index (χ0v) is 19.1. The summed E-state index contributed by atoms with van der Waals surface area (Å²) in [6.07, 6.45) is 9.15. The maximum absolute atomic E-state index is 15.0. The van der Waals surface area contributed by atoms with Gasteiger partial charge in [0, 0.05) is 18.1 Å². The lowest BCUT2D eigenvalue weighted by Gasteiger charge is -2.38. The summed E-state index contributed by atoms with van der Waals surface area (Å²) in [4.78, 5) is 0. The Morgan fingerprint density at radius 1 is 0.774 bits per heavy atom. The van der Waals surface area contributed by atoms with E-state index in [1.54, 1.807) is 12.1 Å². The summed E-state index contributed by atoms with van der Waals surface area (Å²) in [6.45, 7) is 6.13. The molecule has 2 aliphatic heterocycles. The number of rotatable bonds is 6. The Morgan fingerprint density at radius 3 is 2.03 bits per heavy atom. The fourth-order valence-electron chi connectivity index (χ4n) is 5.70. The first kappa shape index (κ1) is 23.1. The van der Waals surface area contributed by atoms with Gasteiger partial charge in [-0.25, -0.2) is 8.78 Å². The Hall–Kier alpha value is -1.04. The van der Waals surface area contributed by atoms with Crippen LogP contribution in [0.1, 0.15) is 95.0 Å². The average molecular weight is 437 g/mol. The molecule has 2 heterocycles. The van der Waals surface area contributed by atoms with Gasteiger partial charge in [0.2, 0.25) is 0 Å². The normalized spacial score (nSPS) is 34.6. The van der Waals surface area contributed by atoms with Crippen molar-refractivity contribution in [2.24, 2.45) is 17.8 Å². The van der Waals surface area contributed by atoms with Crippen LogP contribution in [0.15, 0.2) is 12.1 Å². The molecule has 0 amide bonds. The molecule has 3 aliphatic rings. The lowest BCUT2D eigenvalue weighted by molar-refractivity contribution is -0.228. The van der Waals surface area contributed by atoms with Crippen LogP contribution in [0.4, 0.5) is 8.78 Å². The lowest BCUT2D eigenvalue weighted by atomic mass is 9.77. The molecule has 3 nitrogen and oxygen atoms in total. The van der Waals surface area contributed by atoms with Crippen molar-refractivity contribution in [3.8, 4) is 0 Å². The number of hydrogen-bond acceptors (Lipinski definition) is 3. The quantitative estimate of drug-likeness (QED) is 0.485. The lowest BCUT2D eigenvalue weighted by Crippen LogP contribution is -2.40. The second-order valence-corrected chi connectivity index (χ2v) is 9.86. The van der Waals surface area contributed by atoms with E-state index in [0.29, 0.717) is 24.7 Å². The van der Waals surface area contributed by atoms with Gasteiger partial charge in [0.25, 0.3) is 0 Å². The second kappa shape index (κ2) is 10.7. The number of hydrogen-bond donors (Lipinski definition) is 0. The SMILES string of the molecule is CCCC1CCC(C2COC(c3ccc(C4CCC(CC)CC4)c(F)c3F)OC2)OC1. The van der Waals surface area contributed by atoms with Crippen molar-refractivity contribution in [3.63, 3.8) is 0 Å². The molecular formula is C26H38F2O3. The average Bonchev–Trinajstić information content (AvgIpc) is 2.82. The molecule has 5 heteroatoms. The highest BCUT2D eigenvalue weighted by Gasteiger charge is 2.35. The van der Waals surface area contributed by atoms with E-state index in [1.807, 2.05) is 0 Å². The zero-order chi connectivity index (χ0) is 21.8. The summed E-state index contributed by atoms with van der Waals surface area (Å²) in [5, 5.41) is 0. The molecule has 0 aromatic heterocycles. The van der Waals surface area contributed by atoms with Gasteiger partial charge in [-0.2, -0.15) is 0 Å². The Kier molecular flexibility index (Phi) is 8.00. The topological polar surface area (TPSA) is 27.7 Å². The highest BCUT2D eigenvalue weighted by atomic mass is 19.2. The molecule has 0 N–H and O–H groups in total. The largest absolute Gasteiger partial charge is 0.377 e. The minimum Gasteiger partial charge on any atom is -0.377 e. The summed E-state index contributed by atoms with van der Waals surface area (Å²) in [5.74, 6) is 0.126. The highest BCUT2D eigenvalue weighted by Crippen LogP contribution is 2.40. The van der Waals surface area contributed by atoms with Crippen LogP contribution < -0.4 is 0 Å². The third-order valence-electron chi connectivity index (χ3n) is 7.81. The molecule has 1 saturated carbocycles. The van der Waals surface area contributed by atoms with Crippen LogP contribution in [0, 0.1) is 29.4 Å². The summed E-state index contributed by atoms with van der Waals surface area (Å²) < 4.78 is 47.7. The van der Waals surface area contributed by atoms with Crippen LogP contribution in [0.2, 0.25) is 0 Å². The number of halogens is 2. The van der Waals surface area contributed by atoms with Crippen LogP contribution in [-0.2, 0) is 14.2 Å². The fraction of sp³-hybridized carbons (Fsp3) is 0.769. The number of benzene rings is 1. The molecule has 1 aliphatic carbocycles. The van der Waals surface area contributed by atoms with Crippen LogP contribution in [-0.4, -0.2) is 25.9 Å². The standard InChI is InChI=1S/C26H38F2O3/c1-3-5-18-8-13-23(29-14-18)20-15-30-26(31-16-20)22-12-11-21(24(27)25(22)28)19-9-6-17(4-2)7-10-19/h11-12,17-20,23,26H,3-10,13-16H2,1-2H3. The Bertz CT molecular complexity index is 701. The van der Waals surface area contributed by atoms with Gasteiger partial charge < -0.3 is 14.2 Å². The first-order valence-electron chi connectivity index (χ1n) is 12.4. The first-order chi connectivity index (χ1) is 15.1. The Morgan fingerprint density at radius 2 is 1.42 bits per heavy atom. The van der Waals surface area contributed by atoms with Crippen LogP contribution in [0.3, 0.4) is 0 Å². The van der Waals surface area contributed by atoms with E-state index in [9.17, 15) is 8.78 Å². The van der Waals surface area contributed by atoms with Crippen molar-refractivity contribution in [2.75, 3.05) is 19.8 Å². The molecule has 0 radical (unpaired) electrons. The summed E-state index contributed by atoms with van der Waals surface area (Å²) in [5.41, 5.74) is 0.691. The van der Waals surface area contributed by atoms with Crippen molar-refractivity contribution in [1.82, 2.24) is 0 Å². The molecule has 3 fully saturated rings. The number of ether oxygens (including phenoxy) is 3. The highest BCUT2D eigenvalue weighted by molar-refractivity contribution is 5.30. The van der Waals surface area contributed by atoms with E-state index < -0.39 is 17.9 Å². The Labute approximate surface area is 185 Å². The third-order valence-corrected chi connectivity index (χ3v) is 7.81. The van der Waals surface area contributed by atoms with Crippen molar-refractivity contribution in [3.05, 3.63) is 34.9 Å². The molecule has 4 rings (SSSR count). The van der Waals surface area contributed by atoms with Gasteiger partial charge in [0.15, 0.2) is 17.9 Å². The third kappa shape index (κ3) is 5.31. The predicted octanol–water partition coefficient (Wildman–Crippen LogP) is 6.91. The minimum absolute atomic E-state index is 0.115. The summed E-state index contributed by atoms with van der Waals surface area (Å²) in [7, 11) is 0. The molecule has 2 saturated heterocycles. The van der Waals surface area contributed by atoms with Gasteiger partial charge in [-0.15, -0.1) is 0 Å². The second-order valence-electron chi connectivity index (χ2n) is 9.86. The van der Waals surface area contributed by atoms with Gasteiger partial charge in [-0.05, 0) is 68.3 Å². The van der Waals surface area contributed by atoms with E-state index in [0.717, 1.165) is 44.6 Å². The summed E-state index contributed by atoms with van der Waals surface area (Å²) in [6, 6.07) is 3.42. The first-order valence-corrected chi connectivity index (χ1v) is 12.4. The molecule has 1 aromatic carbocycles. The molecule has 31 heavy (non-hydrogen) atoms. The van der Waals surface area contributed by atoms with Crippen molar-refractivity contribution < 1.29 is 23.0 Å². The molecule has 2 unspecified atom stereocenters. The van der Waals surface area contributed by atoms with Gasteiger partial charge in [0.1, 0.15) is 0 Å². The molecule has 174 valence electrons. The van der Waals surface area contributed by atoms with Gasteiger partial charge in [-0.3, -0.25) is 0 Å². The summed E-state index contributed by atoms with van der Waals surface area (Å²) >= 11 is 0. The Balaban J connectivity index is 1.33. The van der Waals surface area contributed by atoms with Crippen molar-refractivity contribution >= 4 is 0 Å². The minimum atomic E-state index is -0.841. The van der Waals surface area contributed by atoms with E-state index in [4.69, 9.17) is 14.2 Å². The van der Waals surface area contributed by atoms with E-state index in [1.165, 1.54) is 25.7 Å². The van der Waals surface area contributed by atoms with Crippen molar-refractivity contribution in [1.29, 1.82) is 0 Å². The molecule has 1 aromatic rings. The van der Waals surface area contributed by atoms with Crippen molar-refractivity contribution in [2.45, 2.75) is 89.9 Å². The smallest absolute Gasteiger partial charge is 0.186 e. The van der Waals surface area contributed by atoms with Crippen LogP contribution >= 0.6 is 0 Å². The fourth-order valence-corrected chi connectivity index (χ4v) is 5.70. The van der Waals surface area contributed by atoms with Crippen LogP contribution in [0.5, 0.6) is 0 Å². The molecule has 0 spiro atoms. The van der Waals surface area contributed by atoms with E-state index in [2.05, 4.69) is 13.8 Å². The molecular weight excluding hydrogens is 398 g/mol. The maximum atomic E-state index is 15.0. The zero-order valence-electron chi connectivity index (χ0n) is 19.1. The van der Waals surface area contributed by atoms with Gasteiger partial charge in [-0.1, -0.05) is 38.8 Å². The molecule has 2 atom stereocenters. The van der Waals surface area contributed by atoms with Crippen LogP contribution in [0.25, 0.3) is 0 Å². The molecule has 0 bridgehead atoms. The van der Waals surface area contributed by atoms with Gasteiger partial charge in [0.05, 0.1) is 19.3 Å².